The Balaban J connectivity index is 1.34. The van der Waals surface area contributed by atoms with Crippen LogP contribution in [0.4, 0.5) is 0 Å². The molecule has 1 aromatic rings. The van der Waals surface area contributed by atoms with Gasteiger partial charge < -0.3 is 9.15 Å². The minimum absolute atomic E-state index is 0.0106. The summed E-state index contributed by atoms with van der Waals surface area (Å²) in [6, 6.07) is 2.42. The van der Waals surface area contributed by atoms with E-state index in [9.17, 15) is 4.79 Å². The molecule has 0 aromatic carbocycles. The molecule has 3 fully saturated rings. The lowest BCUT2D eigenvalue weighted by Crippen LogP contribution is -2.49. The van der Waals surface area contributed by atoms with Crippen molar-refractivity contribution in [2.45, 2.75) is 56.9 Å². The number of hydrogen-bond donors (Lipinski definition) is 0. The van der Waals surface area contributed by atoms with Crippen LogP contribution in [0.1, 0.15) is 37.7 Å². The zero-order valence-electron chi connectivity index (χ0n) is 13.4. The van der Waals surface area contributed by atoms with Crippen molar-refractivity contribution in [2.75, 3.05) is 19.7 Å². The molecule has 0 aliphatic carbocycles. The van der Waals surface area contributed by atoms with E-state index >= 15 is 0 Å². The smallest absolute Gasteiger partial charge is 0.275 e. The molecule has 4 heterocycles. The minimum atomic E-state index is -0.330. The summed E-state index contributed by atoms with van der Waals surface area (Å²) < 4.78 is 11.3. The van der Waals surface area contributed by atoms with Gasteiger partial charge in [0.15, 0.2) is 0 Å². The Morgan fingerprint density at radius 3 is 2.96 bits per heavy atom. The van der Waals surface area contributed by atoms with Gasteiger partial charge in [-0.05, 0) is 38.2 Å². The zero-order chi connectivity index (χ0) is 15.6. The molecule has 1 aromatic heterocycles. The summed E-state index contributed by atoms with van der Waals surface area (Å²) in [5, 5.41) is 1.52. The van der Waals surface area contributed by atoms with Crippen molar-refractivity contribution in [3.63, 3.8) is 0 Å². The molecule has 0 bridgehead atoms. The lowest BCUT2D eigenvalue weighted by atomic mass is 9.98. The Morgan fingerprint density at radius 2 is 2.17 bits per heavy atom. The maximum atomic E-state index is 12.5. The van der Waals surface area contributed by atoms with Crippen molar-refractivity contribution in [3.8, 4) is 0 Å². The fourth-order valence-corrected chi connectivity index (χ4v) is 3.94. The molecule has 6 nitrogen and oxygen atoms in total. The summed E-state index contributed by atoms with van der Waals surface area (Å²) in [5.41, 5.74) is 1.20. The molecule has 4 rings (SSSR count). The van der Waals surface area contributed by atoms with Crippen LogP contribution in [0.5, 0.6) is 0 Å². The van der Waals surface area contributed by atoms with Crippen LogP contribution in [0.25, 0.3) is 0 Å². The molecule has 23 heavy (non-hydrogen) atoms. The zero-order valence-corrected chi connectivity index (χ0v) is 13.4. The molecule has 3 aliphatic rings. The number of ether oxygens (including phenoxy) is 1. The number of nitrogens with zero attached hydrogens (tertiary/aromatic N) is 2. The summed E-state index contributed by atoms with van der Waals surface area (Å²) in [7, 11) is 0. The number of carbonyl (C=O) groups is 1. The Morgan fingerprint density at radius 1 is 1.22 bits per heavy atom. The third-order valence-electron chi connectivity index (χ3n) is 5.15. The van der Waals surface area contributed by atoms with Crippen molar-refractivity contribution < 1.29 is 18.8 Å². The highest BCUT2D eigenvalue weighted by atomic mass is 16.7. The summed E-state index contributed by atoms with van der Waals surface area (Å²) in [6.45, 7) is 3.25. The van der Waals surface area contributed by atoms with Gasteiger partial charge in [-0.15, -0.1) is 0 Å². The SMILES string of the molecule is O=C([C@@H]1CC[C@H]2[C@H](CCN2Cc2ccoc2)O1)N1CCCCO1. The number of rotatable bonds is 3. The second-order valence-corrected chi connectivity index (χ2v) is 6.68. The standard InChI is InChI=1S/C17H24N2O4/c20-17(19-7-1-2-9-22-19)16-4-3-14-15(23-16)5-8-18(14)11-13-6-10-21-12-13/h6,10,12,14-16H,1-5,7-9,11H2/t14-,15-,16-/m0/s1. The molecule has 3 atom stereocenters. The summed E-state index contributed by atoms with van der Waals surface area (Å²) in [6.07, 6.45) is 8.18. The van der Waals surface area contributed by atoms with Gasteiger partial charge in [0.25, 0.3) is 5.91 Å². The number of furan rings is 1. The van der Waals surface area contributed by atoms with Crippen LogP contribution in [0, 0.1) is 0 Å². The lowest BCUT2D eigenvalue weighted by molar-refractivity contribution is -0.213. The monoisotopic (exact) mass is 320 g/mol. The first-order valence-corrected chi connectivity index (χ1v) is 8.66. The normalized spacial score (nSPS) is 32.0. The number of hydroxylamine groups is 2. The molecule has 0 N–H and O–H groups in total. The maximum Gasteiger partial charge on any atom is 0.275 e. The third kappa shape index (κ3) is 3.16. The highest BCUT2D eigenvalue weighted by Gasteiger charge is 2.42. The Kier molecular flexibility index (Phi) is 4.37. The number of carbonyl (C=O) groups excluding carboxylic acids is 1. The second-order valence-electron chi connectivity index (χ2n) is 6.68. The van der Waals surface area contributed by atoms with E-state index in [0.29, 0.717) is 19.2 Å². The molecular weight excluding hydrogens is 296 g/mol. The van der Waals surface area contributed by atoms with E-state index < -0.39 is 0 Å². The molecule has 3 aliphatic heterocycles. The quantitative estimate of drug-likeness (QED) is 0.852. The topological polar surface area (TPSA) is 55.2 Å². The van der Waals surface area contributed by atoms with Crippen LogP contribution in [0.2, 0.25) is 0 Å². The van der Waals surface area contributed by atoms with Crippen LogP contribution in [0.15, 0.2) is 23.0 Å². The van der Waals surface area contributed by atoms with E-state index in [0.717, 1.165) is 45.2 Å². The molecule has 0 spiro atoms. The van der Waals surface area contributed by atoms with Crippen molar-refractivity contribution in [2.24, 2.45) is 0 Å². The van der Waals surface area contributed by atoms with E-state index in [-0.39, 0.29) is 18.1 Å². The van der Waals surface area contributed by atoms with Crippen molar-refractivity contribution in [3.05, 3.63) is 24.2 Å². The van der Waals surface area contributed by atoms with E-state index in [4.69, 9.17) is 14.0 Å². The van der Waals surface area contributed by atoms with E-state index in [1.165, 1.54) is 10.6 Å². The van der Waals surface area contributed by atoms with Gasteiger partial charge in [-0.2, -0.15) is 0 Å². The predicted octanol–water partition coefficient (Wildman–Crippen LogP) is 1.96. The van der Waals surface area contributed by atoms with Crippen molar-refractivity contribution in [1.82, 2.24) is 9.96 Å². The molecule has 1 amide bonds. The first-order chi connectivity index (χ1) is 11.3. The highest BCUT2D eigenvalue weighted by molar-refractivity contribution is 5.80. The Labute approximate surface area is 136 Å². The summed E-state index contributed by atoms with van der Waals surface area (Å²) >= 11 is 0. The van der Waals surface area contributed by atoms with E-state index in [1.807, 2.05) is 6.07 Å². The van der Waals surface area contributed by atoms with Gasteiger partial charge in [0.1, 0.15) is 6.10 Å². The van der Waals surface area contributed by atoms with Gasteiger partial charge in [-0.25, -0.2) is 5.06 Å². The van der Waals surface area contributed by atoms with Gasteiger partial charge in [0.2, 0.25) is 0 Å². The number of hydrogen-bond acceptors (Lipinski definition) is 5. The molecular formula is C17H24N2O4. The average Bonchev–Trinajstić information content (AvgIpc) is 3.25. The Bertz CT molecular complexity index is 527. The summed E-state index contributed by atoms with van der Waals surface area (Å²) in [4.78, 5) is 20.5. The number of fused-ring (bicyclic) bond motifs is 1. The minimum Gasteiger partial charge on any atom is -0.472 e. The molecule has 6 heteroatoms. The van der Waals surface area contributed by atoms with Gasteiger partial charge >= 0.3 is 0 Å². The molecule has 0 radical (unpaired) electrons. The van der Waals surface area contributed by atoms with Gasteiger partial charge in [-0.1, -0.05) is 0 Å². The first kappa shape index (κ1) is 15.2. The fraction of sp³-hybridized carbons (Fsp3) is 0.706. The van der Waals surface area contributed by atoms with Crippen molar-refractivity contribution in [1.29, 1.82) is 0 Å². The predicted molar refractivity (Wildman–Crippen MR) is 82.3 cm³/mol. The molecule has 3 saturated heterocycles. The maximum absolute atomic E-state index is 12.5. The summed E-state index contributed by atoms with van der Waals surface area (Å²) in [5.74, 6) is 0.0106. The number of likely N-dealkylation sites (tertiary alicyclic amines) is 1. The van der Waals surface area contributed by atoms with Crippen LogP contribution in [-0.2, 0) is 20.9 Å². The van der Waals surface area contributed by atoms with E-state index in [1.54, 1.807) is 12.5 Å². The Hall–Kier alpha value is -1.37. The molecule has 0 saturated carbocycles. The lowest BCUT2D eigenvalue weighted by Gasteiger charge is -2.37. The van der Waals surface area contributed by atoms with Gasteiger partial charge in [0, 0.05) is 31.2 Å². The van der Waals surface area contributed by atoms with Crippen molar-refractivity contribution >= 4 is 5.91 Å². The fourth-order valence-electron chi connectivity index (χ4n) is 3.94. The van der Waals surface area contributed by atoms with Crippen LogP contribution >= 0.6 is 0 Å². The largest absolute Gasteiger partial charge is 0.472 e. The van der Waals surface area contributed by atoms with Crippen LogP contribution in [-0.4, -0.2) is 53.8 Å². The molecule has 126 valence electrons. The second kappa shape index (κ2) is 6.63. The third-order valence-corrected chi connectivity index (χ3v) is 5.15. The average molecular weight is 320 g/mol. The van der Waals surface area contributed by atoms with Crippen LogP contribution < -0.4 is 0 Å². The van der Waals surface area contributed by atoms with Crippen LogP contribution in [0.3, 0.4) is 0 Å². The molecule has 0 unspecified atom stereocenters. The first-order valence-electron chi connectivity index (χ1n) is 8.66. The van der Waals surface area contributed by atoms with Gasteiger partial charge in [-0.3, -0.25) is 14.5 Å². The van der Waals surface area contributed by atoms with E-state index in [2.05, 4.69) is 4.90 Å². The number of amides is 1. The van der Waals surface area contributed by atoms with Gasteiger partial charge in [0.05, 0.1) is 25.2 Å². The highest BCUT2D eigenvalue weighted by Crippen LogP contribution is 2.33.